The molecule has 1 rings (SSSR count). The largest absolute Gasteiger partial charge is 0.339 e. The van der Waals surface area contributed by atoms with E-state index in [4.69, 9.17) is 0 Å². The Kier molecular flexibility index (Phi) is 6.98. The molecule has 2 nitrogen and oxygen atoms in total. The number of likely N-dealkylation sites (tertiary alicyclic amines) is 1. The molecule has 0 aromatic carbocycles. The Morgan fingerprint density at radius 2 is 2.26 bits per heavy atom. The van der Waals surface area contributed by atoms with Gasteiger partial charge in [-0.25, -0.2) is 0 Å². The first-order chi connectivity index (χ1) is 9.09. The molecule has 0 aliphatic carbocycles. The van der Waals surface area contributed by atoms with Crippen molar-refractivity contribution < 1.29 is 4.79 Å². The van der Waals surface area contributed by atoms with Crippen molar-refractivity contribution in [3.63, 3.8) is 0 Å². The van der Waals surface area contributed by atoms with Gasteiger partial charge in [-0.2, -0.15) is 11.8 Å². The molecule has 0 spiro atoms. The molecule has 1 saturated heterocycles. The number of thioether (sulfide) groups is 1. The van der Waals surface area contributed by atoms with Gasteiger partial charge >= 0.3 is 0 Å². The molecule has 2 atom stereocenters. The monoisotopic (exact) mass is 283 g/mol. The van der Waals surface area contributed by atoms with Gasteiger partial charge in [-0.15, -0.1) is 6.58 Å². The highest BCUT2D eigenvalue weighted by Gasteiger charge is 2.38. The SMILES string of the molecule is C=CC[C@@](C)(CC)C(=O)N1CCC[C@H]1CCSCC. The highest BCUT2D eigenvalue weighted by Crippen LogP contribution is 2.33. The van der Waals surface area contributed by atoms with Gasteiger partial charge in [0.25, 0.3) is 0 Å². The van der Waals surface area contributed by atoms with Gasteiger partial charge in [0.15, 0.2) is 0 Å². The molecule has 0 bridgehead atoms. The molecule has 0 aromatic rings. The summed E-state index contributed by atoms with van der Waals surface area (Å²) in [5.41, 5.74) is -0.248. The smallest absolute Gasteiger partial charge is 0.229 e. The lowest BCUT2D eigenvalue weighted by Gasteiger charge is -2.34. The molecule has 1 aliphatic rings. The number of amides is 1. The second kappa shape index (κ2) is 7.98. The normalized spacial score (nSPS) is 22.3. The topological polar surface area (TPSA) is 20.3 Å². The van der Waals surface area contributed by atoms with Crippen molar-refractivity contribution in [2.45, 2.75) is 58.9 Å². The van der Waals surface area contributed by atoms with Gasteiger partial charge in [-0.3, -0.25) is 4.79 Å². The summed E-state index contributed by atoms with van der Waals surface area (Å²) < 4.78 is 0. The zero-order valence-corrected chi connectivity index (χ0v) is 13.6. The van der Waals surface area contributed by atoms with E-state index < -0.39 is 0 Å². The van der Waals surface area contributed by atoms with Gasteiger partial charge in [0.2, 0.25) is 5.91 Å². The number of hydrogen-bond acceptors (Lipinski definition) is 2. The summed E-state index contributed by atoms with van der Waals surface area (Å²) in [6.45, 7) is 11.2. The van der Waals surface area contributed by atoms with Crippen LogP contribution in [0.5, 0.6) is 0 Å². The molecule has 110 valence electrons. The van der Waals surface area contributed by atoms with E-state index in [-0.39, 0.29) is 5.41 Å². The number of nitrogens with zero attached hydrogens (tertiary/aromatic N) is 1. The van der Waals surface area contributed by atoms with Crippen molar-refractivity contribution in [3.8, 4) is 0 Å². The molecule has 0 unspecified atom stereocenters. The first kappa shape index (κ1) is 16.6. The van der Waals surface area contributed by atoms with Crippen molar-refractivity contribution in [2.24, 2.45) is 5.41 Å². The van der Waals surface area contributed by atoms with Crippen LogP contribution in [0, 0.1) is 5.41 Å². The van der Waals surface area contributed by atoms with Crippen molar-refractivity contribution in [2.75, 3.05) is 18.1 Å². The fourth-order valence-corrected chi connectivity index (χ4v) is 3.54. The van der Waals surface area contributed by atoms with E-state index >= 15 is 0 Å². The standard InChI is InChI=1S/C16H29NOS/c1-5-11-16(4,6-2)15(18)17-12-8-9-14(17)10-13-19-7-3/h5,14H,1,6-13H2,2-4H3/t14-,16+/m0/s1. The molecule has 1 heterocycles. The Morgan fingerprint density at radius 1 is 1.53 bits per heavy atom. The minimum absolute atomic E-state index is 0.248. The van der Waals surface area contributed by atoms with Gasteiger partial charge in [0.1, 0.15) is 0 Å². The van der Waals surface area contributed by atoms with Crippen molar-refractivity contribution in [1.29, 1.82) is 0 Å². The second-order valence-electron chi connectivity index (χ2n) is 5.69. The fraction of sp³-hybridized carbons (Fsp3) is 0.812. The molecular formula is C16H29NOS. The second-order valence-corrected chi connectivity index (χ2v) is 7.08. The maximum Gasteiger partial charge on any atom is 0.229 e. The van der Waals surface area contributed by atoms with Crippen LogP contribution in [-0.4, -0.2) is 34.9 Å². The Balaban J connectivity index is 2.65. The average molecular weight is 283 g/mol. The number of hydrogen-bond donors (Lipinski definition) is 0. The van der Waals surface area contributed by atoms with Gasteiger partial charge in [-0.1, -0.05) is 26.8 Å². The van der Waals surface area contributed by atoms with Crippen LogP contribution >= 0.6 is 11.8 Å². The van der Waals surface area contributed by atoms with Crippen molar-refractivity contribution in [1.82, 2.24) is 4.90 Å². The average Bonchev–Trinajstić information content (AvgIpc) is 2.86. The van der Waals surface area contributed by atoms with E-state index in [0.29, 0.717) is 11.9 Å². The maximum absolute atomic E-state index is 12.8. The Bertz CT molecular complexity index is 305. The van der Waals surface area contributed by atoms with Crippen molar-refractivity contribution in [3.05, 3.63) is 12.7 Å². The van der Waals surface area contributed by atoms with E-state index in [1.54, 1.807) is 0 Å². The van der Waals surface area contributed by atoms with Crippen LogP contribution in [0.3, 0.4) is 0 Å². The van der Waals surface area contributed by atoms with Crippen LogP contribution in [0.2, 0.25) is 0 Å². The third-order valence-corrected chi connectivity index (χ3v) is 5.26. The summed E-state index contributed by atoms with van der Waals surface area (Å²) >= 11 is 1.98. The van der Waals surface area contributed by atoms with E-state index in [1.165, 1.54) is 24.3 Å². The third kappa shape index (κ3) is 4.27. The van der Waals surface area contributed by atoms with Gasteiger partial charge in [-0.05, 0) is 43.6 Å². The highest BCUT2D eigenvalue weighted by molar-refractivity contribution is 7.99. The Hall–Kier alpha value is -0.440. The predicted octanol–water partition coefficient (Wildman–Crippen LogP) is 4.11. The van der Waals surface area contributed by atoms with E-state index in [2.05, 4.69) is 32.3 Å². The molecule has 0 saturated carbocycles. The zero-order valence-electron chi connectivity index (χ0n) is 12.8. The van der Waals surface area contributed by atoms with Crippen LogP contribution in [0.1, 0.15) is 52.9 Å². The van der Waals surface area contributed by atoms with Gasteiger partial charge in [0, 0.05) is 18.0 Å². The fourth-order valence-electron chi connectivity index (χ4n) is 2.82. The van der Waals surface area contributed by atoms with Crippen LogP contribution in [0.15, 0.2) is 12.7 Å². The zero-order chi connectivity index (χ0) is 14.3. The van der Waals surface area contributed by atoms with Crippen molar-refractivity contribution >= 4 is 17.7 Å². The number of carbonyl (C=O) groups is 1. The van der Waals surface area contributed by atoms with E-state index in [1.807, 2.05) is 17.8 Å². The van der Waals surface area contributed by atoms with E-state index in [9.17, 15) is 4.79 Å². The summed E-state index contributed by atoms with van der Waals surface area (Å²) in [6.07, 6.45) is 7.07. The van der Waals surface area contributed by atoms with Crippen LogP contribution in [-0.2, 0) is 4.79 Å². The minimum Gasteiger partial charge on any atom is -0.339 e. The highest BCUT2D eigenvalue weighted by atomic mass is 32.2. The molecule has 0 radical (unpaired) electrons. The number of carbonyl (C=O) groups excluding carboxylic acids is 1. The predicted molar refractivity (Wildman–Crippen MR) is 85.6 cm³/mol. The Morgan fingerprint density at radius 3 is 2.84 bits per heavy atom. The van der Waals surface area contributed by atoms with Crippen LogP contribution in [0.25, 0.3) is 0 Å². The quantitative estimate of drug-likeness (QED) is 0.493. The maximum atomic E-state index is 12.8. The third-order valence-electron chi connectivity index (χ3n) is 4.33. The number of allylic oxidation sites excluding steroid dienone is 1. The van der Waals surface area contributed by atoms with E-state index in [0.717, 1.165) is 25.8 Å². The summed E-state index contributed by atoms with van der Waals surface area (Å²) in [6, 6.07) is 0.474. The molecule has 1 fully saturated rings. The number of rotatable bonds is 8. The summed E-state index contributed by atoms with van der Waals surface area (Å²) in [4.78, 5) is 15.0. The first-order valence-electron chi connectivity index (χ1n) is 7.58. The lowest BCUT2D eigenvalue weighted by Crippen LogP contribution is -2.44. The van der Waals surface area contributed by atoms with Gasteiger partial charge in [0.05, 0.1) is 0 Å². The summed E-state index contributed by atoms with van der Waals surface area (Å²) in [5.74, 6) is 2.69. The summed E-state index contributed by atoms with van der Waals surface area (Å²) in [7, 11) is 0. The molecule has 0 aromatic heterocycles. The lowest BCUT2D eigenvalue weighted by atomic mass is 9.82. The molecule has 1 amide bonds. The molecule has 1 aliphatic heterocycles. The molecule has 3 heteroatoms. The van der Waals surface area contributed by atoms with Crippen LogP contribution < -0.4 is 0 Å². The molecule has 0 N–H and O–H groups in total. The summed E-state index contributed by atoms with van der Waals surface area (Å²) in [5, 5.41) is 0. The minimum atomic E-state index is -0.248. The first-order valence-corrected chi connectivity index (χ1v) is 8.74. The Labute approximate surface area is 123 Å². The molecular weight excluding hydrogens is 254 g/mol. The molecule has 19 heavy (non-hydrogen) atoms. The van der Waals surface area contributed by atoms with Crippen LogP contribution in [0.4, 0.5) is 0 Å². The lowest BCUT2D eigenvalue weighted by molar-refractivity contribution is -0.142. The van der Waals surface area contributed by atoms with Gasteiger partial charge < -0.3 is 4.90 Å².